The quantitative estimate of drug-likeness (QED) is 0.668. The van der Waals surface area contributed by atoms with Crippen LogP contribution in [0, 0.1) is 34.0 Å². The fraction of sp³-hybridized carbons (Fsp3) is 0. The zero-order valence-corrected chi connectivity index (χ0v) is 10.7. The standard InChI is InChI=1S/C13H5ClN6/c14-13-10-3-9(1-2-11(10)18-7-19-13)20-12(6-17)8(4-15)5-16/h1-3,7,20H. The second-order valence-electron chi connectivity index (χ2n) is 3.61. The number of halogens is 1. The molecule has 0 spiro atoms. The van der Waals surface area contributed by atoms with Gasteiger partial charge in [-0.15, -0.1) is 0 Å². The van der Waals surface area contributed by atoms with Gasteiger partial charge >= 0.3 is 0 Å². The van der Waals surface area contributed by atoms with Crippen molar-refractivity contribution in [3.63, 3.8) is 0 Å². The zero-order valence-electron chi connectivity index (χ0n) is 9.92. The molecule has 0 saturated carbocycles. The smallest absolute Gasteiger partial charge is 0.163 e. The maximum Gasteiger partial charge on any atom is 0.163 e. The van der Waals surface area contributed by atoms with E-state index >= 15 is 0 Å². The van der Waals surface area contributed by atoms with E-state index in [9.17, 15) is 0 Å². The number of anilines is 1. The third-order valence-electron chi connectivity index (χ3n) is 2.44. The van der Waals surface area contributed by atoms with Gasteiger partial charge in [0.1, 0.15) is 35.4 Å². The minimum Gasteiger partial charge on any atom is -0.345 e. The second kappa shape index (κ2) is 5.67. The topological polar surface area (TPSA) is 109 Å². The first kappa shape index (κ1) is 13.3. The fourth-order valence-corrected chi connectivity index (χ4v) is 1.73. The van der Waals surface area contributed by atoms with E-state index in [1.165, 1.54) is 6.33 Å². The van der Waals surface area contributed by atoms with Gasteiger partial charge in [0, 0.05) is 11.1 Å². The molecule has 1 N–H and O–H groups in total. The Morgan fingerprint density at radius 3 is 2.50 bits per heavy atom. The maximum absolute atomic E-state index is 8.96. The molecule has 7 heteroatoms. The molecular weight excluding hydrogens is 276 g/mol. The Balaban J connectivity index is 2.49. The first-order valence-electron chi connectivity index (χ1n) is 5.31. The van der Waals surface area contributed by atoms with Crippen molar-refractivity contribution in [2.75, 3.05) is 5.32 Å². The predicted octanol–water partition coefficient (Wildman–Crippen LogP) is 2.52. The van der Waals surface area contributed by atoms with Crippen molar-refractivity contribution in [3.05, 3.63) is 40.9 Å². The molecule has 0 atom stereocenters. The van der Waals surface area contributed by atoms with Crippen LogP contribution >= 0.6 is 11.6 Å². The van der Waals surface area contributed by atoms with Crippen molar-refractivity contribution < 1.29 is 0 Å². The van der Waals surface area contributed by atoms with Crippen molar-refractivity contribution in [3.8, 4) is 18.2 Å². The van der Waals surface area contributed by atoms with E-state index in [1.54, 1.807) is 36.4 Å². The molecule has 6 nitrogen and oxygen atoms in total. The Labute approximate surface area is 119 Å². The Kier molecular flexibility index (Phi) is 3.77. The molecule has 94 valence electrons. The van der Waals surface area contributed by atoms with E-state index in [4.69, 9.17) is 27.4 Å². The maximum atomic E-state index is 8.96. The van der Waals surface area contributed by atoms with Crippen LogP contribution in [0.15, 0.2) is 35.8 Å². The monoisotopic (exact) mass is 280 g/mol. The number of hydrogen-bond donors (Lipinski definition) is 1. The number of fused-ring (bicyclic) bond motifs is 1. The minimum atomic E-state index is -0.289. The van der Waals surface area contributed by atoms with Crippen LogP contribution in [-0.4, -0.2) is 9.97 Å². The van der Waals surface area contributed by atoms with Gasteiger partial charge in [-0.2, -0.15) is 15.8 Å². The third-order valence-corrected chi connectivity index (χ3v) is 2.74. The van der Waals surface area contributed by atoms with Crippen LogP contribution in [0.25, 0.3) is 10.9 Å². The molecule has 2 rings (SSSR count). The molecule has 1 heterocycles. The second-order valence-corrected chi connectivity index (χ2v) is 3.96. The van der Waals surface area contributed by atoms with E-state index in [0.717, 1.165) is 0 Å². The Morgan fingerprint density at radius 1 is 1.10 bits per heavy atom. The van der Waals surface area contributed by atoms with Crippen molar-refractivity contribution in [1.29, 1.82) is 15.8 Å². The van der Waals surface area contributed by atoms with Crippen molar-refractivity contribution in [2.45, 2.75) is 0 Å². The predicted molar refractivity (Wildman–Crippen MR) is 72.0 cm³/mol. The number of hydrogen-bond acceptors (Lipinski definition) is 6. The summed E-state index contributed by atoms with van der Waals surface area (Å²) >= 11 is 5.96. The van der Waals surface area contributed by atoms with Crippen LogP contribution in [0.3, 0.4) is 0 Å². The average Bonchev–Trinajstić information content (AvgIpc) is 2.48. The molecule has 0 aliphatic heterocycles. The summed E-state index contributed by atoms with van der Waals surface area (Å²) in [6.45, 7) is 0. The van der Waals surface area contributed by atoms with Crippen molar-refractivity contribution in [1.82, 2.24) is 9.97 Å². The number of benzene rings is 1. The highest BCUT2D eigenvalue weighted by molar-refractivity contribution is 6.34. The number of nitriles is 3. The zero-order chi connectivity index (χ0) is 14.5. The molecule has 2 aromatic rings. The van der Waals surface area contributed by atoms with Gasteiger partial charge in [-0.05, 0) is 18.2 Å². The van der Waals surface area contributed by atoms with Gasteiger partial charge < -0.3 is 5.32 Å². The summed E-state index contributed by atoms with van der Waals surface area (Å²) in [6, 6.07) is 10.1. The summed E-state index contributed by atoms with van der Waals surface area (Å²) in [5.41, 5.74) is 0.748. The van der Waals surface area contributed by atoms with E-state index in [0.29, 0.717) is 16.6 Å². The van der Waals surface area contributed by atoms with Gasteiger partial charge in [-0.1, -0.05) is 11.6 Å². The van der Waals surface area contributed by atoms with E-state index in [-0.39, 0.29) is 16.4 Å². The fourth-order valence-electron chi connectivity index (χ4n) is 1.53. The number of nitrogens with zero attached hydrogens (tertiary/aromatic N) is 5. The molecule has 20 heavy (non-hydrogen) atoms. The summed E-state index contributed by atoms with van der Waals surface area (Å²) in [5.74, 6) is 0. The summed E-state index contributed by atoms with van der Waals surface area (Å²) in [5, 5.41) is 30.1. The van der Waals surface area contributed by atoms with Crippen LogP contribution < -0.4 is 5.32 Å². The van der Waals surface area contributed by atoms with Gasteiger partial charge in [0.2, 0.25) is 0 Å². The Morgan fingerprint density at radius 2 is 1.85 bits per heavy atom. The highest BCUT2D eigenvalue weighted by atomic mass is 35.5. The minimum absolute atomic E-state index is 0.123. The van der Waals surface area contributed by atoms with Gasteiger partial charge in [-0.3, -0.25) is 0 Å². The molecule has 0 radical (unpaired) electrons. The van der Waals surface area contributed by atoms with Crippen molar-refractivity contribution in [2.24, 2.45) is 0 Å². The summed E-state index contributed by atoms with van der Waals surface area (Å²) in [7, 11) is 0. The van der Waals surface area contributed by atoms with Gasteiger partial charge in [0.25, 0.3) is 0 Å². The molecule has 1 aromatic heterocycles. The lowest BCUT2D eigenvalue weighted by molar-refractivity contribution is 1.22. The number of rotatable bonds is 2. The molecular formula is C13H5ClN6. The van der Waals surface area contributed by atoms with Gasteiger partial charge in [0.05, 0.1) is 5.52 Å². The summed E-state index contributed by atoms with van der Waals surface area (Å²) in [6.07, 6.45) is 1.35. The molecule has 0 fully saturated rings. The lowest BCUT2D eigenvalue weighted by atomic mass is 10.2. The highest BCUT2D eigenvalue weighted by Crippen LogP contribution is 2.23. The van der Waals surface area contributed by atoms with Crippen molar-refractivity contribution >= 4 is 28.2 Å². The Bertz CT molecular complexity index is 819. The molecule has 0 aliphatic carbocycles. The molecule has 0 amide bonds. The largest absolute Gasteiger partial charge is 0.345 e. The van der Waals surface area contributed by atoms with Crippen LogP contribution in [-0.2, 0) is 0 Å². The van der Waals surface area contributed by atoms with Gasteiger partial charge in [-0.25, -0.2) is 9.97 Å². The van der Waals surface area contributed by atoms with Crippen LogP contribution in [0.2, 0.25) is 5.15 Å². The van der Waals surface area contributed by atoms with E-state index < -0.39 is 0 Å². The first-order valence-corrected chi connectivity index (χ1v) is 5.69. The molecule has 0 unspecified atom stereocenters. The summed E-state index contributed by atoms with van der Waals surface area (Å²) < 4.78 is 0. The van der Waals surface area contributed by atoms with E-state index in [2.05, 4.69) is 15.3 Å². The number of allylic oxidation sites excluding steroid dienone is 2. The molecule has 0 aliphatic rings. The van der Waals surface area contributed by atoms with Crippen LogP contribution in [0.4, 0.5) is 5.69 Å². The van der Waals surface area contributed by atoms with Gasteiger partial charge in [0.15, 0.2) is 5.57 Å². The summed E-state index contributed by atoms with van der Waals surface area (Å²) in [4.78, 5) is 7.90. The lowest BCUT2D eigenvalue weighted by Gasteiger charge is -2.06. The highest BCUT2D eigenvalue weighted by Gasteiger charge is 2.08. The SMILES string of the molecule is N#CC(C#N)=C(C#N)Nc1ccc2ncnc(Cl)c2c1. The normalized spacial score (nSPS) is 9.10. The Hall–Kier alpha value is -3.14. The number of nitrogens with one attached hydrogen (secondary N) is 1. The van der Waals surface area contributed by atoms with E-state index in [1.807, 2.05) is 0 Å². The molecule has 0 bridgehead atoms. The van der Waals surface area contributed by atoms with Crippen LogP contribution in [0.1, 0.15) is 0 Å². The third kappa shape index (κ3) is 2.49. The average molecular weight is 281 g/mol. The lowest BCUT2D eigenvalue weighted by Crippen LogP contribution is -2.00. The first-order chi connectivity index (χ1) is 9.69. The molecule has 0 saturated heterocycles. The molecule has 1 aromatic carbocycles. The van der Waals surface area contributed by atoms with Crippen LogP contribution in [0.5, 0.6) is 0 Å². The number of aromatic nitrogens is 2.